The molecule has 1 heterocycles. The fraction of sp³-hybridized carbons (Fsp3) is 0.773. The lowest BCUT2D eigenvalue weighted by Gasteiger charge is -2.33. The molecule has 1 rings (SSSR count). The van der Waals surface area contributed by atoms with E-state index in [0.29, 0.717) is 13.1 Å². The highest BCUT2D eigenvalue weighted by atomic mass is 127. The molecule has 10 heteroatoms. The van der Waals surface area contributed by atoms with Crippen LogP contribution in [0.1, 0.15) is 66.0 Å². The van der Waals surface area contributed by atoms with Crippen LogP contribution in [0.5, 0.6) is 0 Å². The zero-order valence-corrected chi connectivity index (χ0v) is 23.6. The van der Waals surface area contributed by atoms with E-state index in [1.807, 2.05) is 65.9 Å². The van der Waals surface area contributed by atoms with Crippen molar-refractivity contribution in [3.63, 3.8) is 0 Å². The Kier molecular flexibility index (Phi) is 13.2. The van der Waals surface area contributed by atoms with E-state index in [1.165, 1.54) is 0 Å². The number of carbonyl (C=O) groups is 1. The predicted octanol–water partition coefficient (Wildman–Crippen LogP) is 3.28. The second kappa shape index (κ2) is 13.9. The summed E-state index contributed by atoms with van der Waals surface area (Å²) in [5, 5.41) is 14.1. The molecule has 186 valence electrons. The molecule has 32 heavy (non-hydrogen) atoms. The second-order valence-corrected chi connectivity index (χ2v) is 9.12. The van der Waals surface area contributed by atoms with Crippen LogP contribution in [0.25, 0.3) is 0 Å². The van der Waals surface area contributed by atoms with Crippen LogP contribution >= 0.6 is 24.0 Å². The summed E-state index contributed by atoms with van der Waals surface area (Å²) in [6, 6.07) is 0.152. The van der Waals surface area contributed by atoms with Crippen molar-refractivity contribution >= 4 is 36.0 Å². The molecule has 0 fully saturated rings. The molecule has 0 aliphatic carbocycles. The first-order valence-electron chi connectivity index (χ1n) is 11.1. The molecular weight excluding hydrogens is 521 g/mol. The molecule has 0 saturated heterocycles. The number of aliphatic imine (C=N–C) groups is 1. The normalized spacial score (nSPS) is 13.4. The first kappa shape index (κ1) is 30.4. The summed E-state index contributed by atoms with van der Waals surface area (Å²) in [5.74, 6) is 0.718. The van der Waals surface area contributed by atoms with E-state index in [2.05, 4.69) is 39.8 Å². The quantitative estimate of drug-likeness (QED) is 0.229. The van der Waals surface area contributed by atoms with Crippen LogP contribution in [0, 0.1) is 0 Å². The Balaban J connectivity index is 0.00000961. The average Bonchev–Trinajstić information content (AvgIpc) is 3.09. The SMILES string of the molecule is CCNC(=NCC(CC)(CC)NC(=O)OC(C)(C)C)NCC(c1cnn(C)c1)N(C)C.I. The number of carbonyl (C=O) groups excluding carboxylic acids is 1. The number of aryl methyl sites for hydroxylation is 1. The Hall–Kier alpha value is -1.56. The summed E-state index contributed by atoms with van der Waals surface area (Å²) in [6.45, 7) is 13.6. The maximum atomic E-state index is 12.4. The highest BCUT2D eigenvalue weighted by Crippen LogP contribution is 2.18. The number of likely N-dealkylation sites (N-methyl/N-ethyl adjacent to an activating group) is 1. The maximum Gasteiger partial charge on any atom is 0.408 e. The van der Waals surface area contributed by atoms with Crippen LogP contribution in [0.15, 0.2) is 17.4 Å². The van der Waals surface area contributed by atoms with Gasteiger partial charge in [-0.15, -0.1) is 24.0 Å². The first-order valence-corrected chi connectivity index (χ1v) is 11.1. The van der Waals surface area contributed by atoms with Crippen molar-refractivity contribution in [2.24, 2.45) is 12.0 Å². The third kappa shape index (κ3) is 10.4. The highest BCUT2D eigenvalue weighted by molar-refractivity contribution is 14.0. The van der Waals surface area contributed by atoms with Crippen LogP contribution in [0.2, 0.25) is 0 Å². The van der Waals surface area contributed by atoms with Gasteiger partial charge in [-0.2, -0.15) is 5.10 Å². The maximum absolute atomic E-state index is 12.4. The van der Waals surface area contributed by atoms with E-state index in [4.69, 9.17) is 9.73 Å². The van der Waals surface area contributed by atoms with Crippen molar-refractivity contribution in [3.05, 3.63) is 18.0 Å². The number of alkyl carbamates (subject to hydrolysis) is 1. The molecule has 3 N–H and O–H groups in total. The Morgan fingerprint density at radius 1 is 1.22 bits per heavy atom. The second-order valence-electron chi connectivity index (χ2n) is 9.12. The van der Waals surface area contributed by atoms with Crippen LogP contribution in [0.3, 0.4) is 0 Å². The molecular formula is C22H44IN7O2. The predicted molar refractivity (Wildman–Crippen MR) is 142 cm³/mol. The fourth-order valence-corrected chi connectivity index (χ4v) is 3.19. The Labute approximate surface area is 211 Å². The Bertz CT molecular complexity index is 709. The molecule has 1 unspecified atom stereocenters. The summed E-state index contributed by atoms with van der Waals surface area (Å²) in [7, 11) is 6.02. The van der Waals surface area contributed by atoms with Gasteiger partial charge in [-0.3, -0.25) is 9.67 Å². The van der Waals surface area contributed by atoms with Gasteiger partial charge in [0.25, 0.3) is 0 Å². The molecule has 0 aliphatic heterocycles. The number of hydrogen-bond donors (Lipinski definition) is 3. The molecule has 1 aromatic rings. The molecule has 0 radical (unpaired) electrons. The number of hydrogen-bond acceptors (Lipinski definition) is 5. The summed E-state index contributed by atoms with van der Waals surface area (Å²) in [4.78, 5) is 19.3. The number of aromatic nitrogens is 2. The third-order valence-corrected chi connectivity index (χ3v) is 5.20. The van der Waals surface area contributed by atoms with Gasteiger partial charge in [-0.25, -0.2) is 4.79 Å². The van der Waals surface area contributed by atoms with Gasteiger partial charge < -0.3 is 25.6 Å². The van der Waals surface area contributed by atoms with Crippen molar-refractivity contribution < 1.29 is 9.53 Å². The minimum absolute atomic E-state index is 0. The van der Waals surface area contributed by atoms with Gasteiger partial charge >= 0.3 is 6.09 Å². The van der Waals surface area contributed by atoms with Crippen LogP contribution < -0.4 is 16.0 Å². The van der Waals surface area contributed by atoms with Crippen molar-refractivity contribution in [1.29, 1.82) is 0 Å². The van der Waals surface area contributed by atoms with E-state index >= 15 is 0 Å². The topological polar surface area (TPSA) is 95.8 Å². The molecule has 0 saturated carbocycles. The van der Waals surface area contributed by atoms with Crippen LogP contribution in [-0.4, -0.2) is 71.6 Å². The van der Waals surface area contributed by atoms with E-state index in [0.717, 1.165) is 30.9 Å². The van der Waals surface area contributed by atoms with Gasteiger partial charge in [-0.1, -0.05) is 13.8 Å². The molecule has 0 aliphatic rings. The van der Waals surface area contributed by atoms with Gasteiger partial charge in [-0.05, 0) is 54.6 Å². The van der Waals surface area contributed by atoms with Crippen molar-refractivity contribution in [3.8, 4) is 0 Å². The average molecular weight is 566 g/mol. The molecule has 9 nitrogen and oxygen atoms in total. The number of rotatable bonds is 10. The number of guanidine groups is 1. The molecule has 0 aromatic carbocycles. The Morgan fingerprint density at radius 2 is 1.84 bits per heavy atom. The van der Waals surface area contributed by atoms with Crippen molar-refractivity contribution in [1.82, 2.24) is 30.6 Å². The minimum Gasteiger partial charge on any atom is -0.444 e. The van der Waals surface area contributed by atoms with E-state index in [1.54, 1.807) is 0 Å². The third-order valence-electron chi connectivity index (χ3n) is 5.20. The zero-order chi connectivity index (χ0) is 23.7. The molecule has 1 aromatic heterocycles. The lowest BCUT2D eigenvalue weighted by molar-refractivity contribution is 0.0452. The largest absolute Gasteiger partial charge is 0.444 e. The summed E-state index contributed by atoms with van der Waals surface area (Å²) in [6.07, 6.45) is 5.01. The van der Waals surface area contributed by atoms with Gasteiger partial charge in [0.1, 0.15) is 5.60 Å². The van der Waals surface area contributed by atoms with Gasteiger partial charge in [0.2, 0.25) is 0 Å². The number of halogens is 1. The molecule has 1 amide bonds. The highest BCUT2D eigenvalue weighted by Gasteiger charge is 2.30. The van der Waals surface area contributed by atoms with Gasteiger partial charge in [0, 0.05) is 31.9 Å². The van der Waals surface area contributed by atoms with E-state index in [-0.39, 0.29) is 30.0 Å². The van der Waals surface area contributed by atoms with Gasteiger partial charge in [0.05, 0.1) is 24.3 Å². The molecule has 0 spiro atoms. The van der Waals surface area contributed by atoms with E-state index in [9.17, 15) is 4.79 Å². The number of nitrogens with one attached hydrogen (secondary N) is 3. The number of nitrogens with zero attached hydrogens (tertiary/aromatic N) is 4. The molecule has 0 bridgehead atoms. The lowest BCUT2D eigenvalue weighted by atomic mass is 9.93. The summed E-state index contributed by atoms with van der Waals surface area (Å²) >= 11 is 0. The zero-order valence-electron chi connectivity index (χ0n) is 21.3. The smallest absolute Gasteiger partial charge is 0.408 e. The first-order chi connectivity index (χ1) is 14.4. The van der Waals surface area contributed by atoms with Crippen molar-refractivity contribution in [2.75, 3.05) is 33.7 Å². The van der Waals surface area contributed by atoms with Crippen LogP contribution in [-0.2, 0) is 11.8 Å². The number of amides is 1. The lowest BCUT2D eigenvalue weighted by Crippen LogP contribution is -2.52. The standard InChI is InChI=1S/C22H43N7O2.HI/c1-10-22(11-2,27-20(30)31-21(4,5)6)16-25-19(23-12-3)24-14-18(28(7)8)17-13-26-29(9)15-17;/h13,15,18H,10-12,14,16H2,1-9H3,(H,27,30)(H2,23,24,25);1H. The van der Waals surface area contributed by atoms with Crippen LogP contribution in [0.4, 0.5) is 4.79 Å². The Morgan fingerprint density at radius 3 is 2.28 bits per heavy atom. The van der Waals surface area contributed by atoms with Gasteiger partial charge in [0.15, 0.2) is 5.96 Å². The summed E-state index contributed by atoms with van der Waals surface area (Å²) in [5.41, 5.74) is 0.137. The molecule has 1 atom stereocenters. The fourth-order valence-electron chi connectivity index (χ4n) is 3.19. The number of ether oxygens (including phenoxy) is 1. The monoisotopic (exact) mass is 565 g/mol. The van der Waals surface area contributed by atoms with E-state index < -0.39 is 17.2 Å². The van der Waals surface area contributed by atoms with Crippen molar-refractivity contribution in [2.45, 2.75) is 71.6 Å². The summed E-state index contributed by atoms with van der Waals surface area (Å²) < 4.78 is 7.27. The minimum atomic E-state index is -0.537.